The second-order valence-electron chi connectivity index (χ2n) is 5.37. The molecule has 0 saturated carbocycles. The Bertz CT molecular complexity index is 398. The molecule has 1 heterocycles. The fourth-order valence-electron chi connectivity index (χ4n) is 2.10. The van der Waals surface area contributed by atoms with E-state index in [0.29, 0.717) is 0 Å². The minimum absolute atomic E-state index is 0.653. The highest BCUT2D eigenvalue weighted by Crippen LogP contribution is 2.22. The van der Waals surface area contributed by atoms with Gasteiger partial charge < -0.3 is 56.2 Å². The first kappa shape index (κ1) is 21.1. The van der Waals surface area contributed by atoms with Gasteiger partial charge in [0.15, 0.2) is 6.29 Å². The molecule has 10 N–H and O–H groups in total. The molecule has 1 saturated heterocycles. The summed E-state index contributed by atoms with van der Waals surface area (Å²) in [6.07, 6.45) is -13.8. The van der Waals surface area contributed by atoms with Gasteiger partial charge in [0.2, 0.25) is 0 Å². The van der Waals surface area contributed by atoms with E-state index in [1.807, 2.05) is 0 Å². The van der Waals surface area contributed by atoms with Gasteiger partial charge in [-0.05, 0) is 0 Å². The fourth-order valence-corrected chi connectivity index (χ4v) is 2.10. The van der Waals surface area contributed by atoms with E-state index >= 15 is 0 Å². The van der Waals surface area contributed by atoms with Gasteiger partial charge in [-0.25, -0.2) is 0 Å². The lowest BCUT2D eigenvalue weighted by Gasteiger charge is -2.40. The van der Waals surface area contributed by atoms with Crippen LogP contribution in [0.5, 0.6) is 0 Å². The number of hydrazone groups is 1. The molecule has 1 aliphatic heterocycles. The molecule has 0 aliphatic carbocycles. The van der Waals surface area contributed by atoms with Crippen LogP contribution in [0.1, 0.15) is 0 Å². The Morgan fingerprint density at radius 2 is 1.67 bits per heavy atom. The van der Waals surface area contributed by atoms with Crippen LogP contribution in [0.4, 0.5) is 0 Å². The third kappa shape index (κ3) is 5.03. The number of aliphatic hydroxyl groups excluding tert-OH is 8. The Kier molecular flexibility index (Phi) is 8.38. The van der Waals surface area contributed by atoms with Gasteiger partial charge in [0, 0.05) is 0 Å². The van der Waals surface area contributed by atoms with E-state index in [-0.39, 0.29) is 0 Å². The average Bonchev–Trinajstić information content (AvgIpc) is 2.57. The van der Waals surface area contributed by atoms with Crippen LogP contribution in [-0.2, 0) is 9.47 Å². The van der Waals surface area contributed by atoms with Crippen LogP contribution in [0.2, 0.25) is 0 Å². The maximum Gasteiger partial charge on any atom is 0.186 e. The van der Waals surface area contributed by atoms with Crippen LogP contribution in [0, 0.1) is 0 Å². The summed E-state index contributed by atoms with van der Waals surface area (Å²) in [6.45, 7) is -1.31. The number of aliphatic hydroxyl groups is 8. The van der Waals surface area contributed by atoms with Crippen molar-refractivity contribution in [2.75, 3.05) is 13.2 Å². The fraction of sp³-hybridized carbons (Fsp3) is 0.917. The predicted molar refractivity (Wildman–Crippen MR) is 76.4 cm³/mol. The van der Waals surface area contributed by atoms with E-state index in [9.17, 15) is 35.7 Å². The van der Waals surface area contributed by atoms with Gasteiger partial charge in [-0.1, -0.05) is 0 Å². The van der Waals surface area contributed by atoms with Crippen molar-refractivity contribution in [2.45, 2.75) is 55.1 Å². The third-order valence-corrected chi connectivity index (χ3v) is 3.61. The van der Waals surface area contributed by atoms with Gasteiger partial charge >= 0.3 is 0 Å². The Balaban J connectivity index is 2.57. The van der Waals surface area contributed by atoms with Crippen molar-refractivity contribution in [3.05, 3.63) is 0 Å². The van der Waals surface area contributed by atoms with Gasteiger partial charge in [0.25, 0.3) is 0 Å². The molecule has 0 amide bonds. The monoisotopic (exact) mass is 356 g/mol. The normalized spacial score (nSPS) is 36.4. The first-order valence-corrected chi connectivity index (χ1v) is 7.12. The van der Waals surface area contributed by atoms with Gasteiger partial charge in [-0.2, -0.15) is 5.10 Å². The number of rotatable bonds is 8. The number of hydrogen-bond donors (Lipinski definition) is 9. The van der Waals surface area contributed by atoms with E-state index in [1.165, 1.54) is 0 Å². The third-order valence-electron chi connectivity index (χ3n) is 3.61. The second kappa shape index (κ2) is 9.53. The van der Waals surface area contributed by atoms with Gasteiger partial charge in [-0.3, -0.25) is 0 Å². The molecule has 24 heavy (non-hydrogen) atoms. The Hall–Kier alpha value is -0.930. The molecule has 0 aromatic rings. The van der Waals surface area contributed by atoms with E-state index in [4.69, 9.17) is 20.4 Å². The Morgan fingerprint density at radius 1 is 1.04 bits per heavy atom. The van der Waals surface area contributed by atoms with Crippen LogP contribution in [0.3, 0.4) is 0 Å². The zero-order chi connectivity index (χ0) is 18.4. The molecule has 1 rings (SSSR count). The van der Waals surface area contributed by atoms with Crippen LogP contribution >= 0.6 is 0 Å². The lowest BCUT2D eigenvalue weighted by atomic mass is 9.99. The highest BCUT2D eigenvalue weighted by atomic mass is 16.7. The number of nitrogens with zero attached hydrogens (tertiary/aromatic N) is 1. The highest BCUT2D eigenvalue weighted by molar-refractivity contribution is 5.63. The van der Waals surface area contributed by atoms with Crippen LogP contribution < -0.4 is 5.84 Å². The summed E-state index contributed by atoms with van der Waals surface area (Å²) in [5, 5.41) is 79.3. The zero-order valence-corrected chi connectivity index (χ0v) is 12.6. The summed E-state index contributed by atoms with van der Waals surface area (Å²) < 4.78 is 10.0. The summed E-state index contributed by atoms with van der Waals surface area (Å²) in [5.41, 5.74) is 0. The average molecular weight is 356 g/mol. The maximum atomic E-state index is 9.74. The van der Waals surface area contributed by atoms with Crippen LogP contribution in [0.15, 0.2) is 5.10 Å². The lowest BCUT2D eigenvalue weighted by molar-refractivity contribution is -0.306. The largest absolute Gasteiger partial charge is 0.394 e. The van der Waals surface area contributed by atoms with Gasteiger partial charge in [0.1, 0.15) is 48.8 Å². The molecule has 142 valence electrons. The molecular weight excluding hydrogens is 332 g/mol. The number of nitrogens with two attached hydrogens (primary N) is 1. The molecule has 0 radical (unpaired) electrons. The summed E-state index contributed by atoms with van der Waals surface area (Å²) in [5.74, 6) is 4.79. The Morgan fingerprint density at radius 3 is 2.21 bits per heavy atom. The molecule has 1 fully saturated rings. The van der Waals surface area contributed by atoms with Gasteiger partial charge in [-0.15, -0.1) is 0 Å². The summed E-state index contributed by atoms with van der Waals surface area (Å²) >= 11 is 0. The first-order valence-electron chi connectivity index (χ1n) is 7.12. The standard InChI is InChI=1S/C12H24N2O10/c13-14-1-4(16)7(18)8(19)5(17)3-23-12-11(22)10(21)9(20)6(2-15)24-12/h1,4-12,15-22H,2-3,13H2/t4-,5+,6+,7+,8+,9+,10-,11+,12-/m0/s1. The number of ether oxygens (including phenoxy) is 2. The summed E-state index contributed by atoms with van der Waals surface area (Å²) in [7, 11) is 0. The van der Waals surface area contributed by atoms with E-state index < -0.39 is 68.3 Å². The molecule has 0 aromatic heterocycles. The van der Waals surface area contributed by atoms with Crippen molar-refractivity contribution in [3.8, 4) is 0 Å². The minimum Gasteiger partial charge on any atom is -0.394 e. The van der Waals surface area contributed by atoms with Crippen LogP contribution in [-0.4, -0.2) is 115 Å². The molecule has 0 bridgehead atoms. The van der Waals surface area contributed by atoms with Crippen LogP contribution in [0.25, 0.3) is 0 Å². The molecule has 0 aromatic carbocycles. The van der Waals surface area contributed by atoms with Crippen molar-refractivity contribution in [1.29, 1.82) is 0 Å². The molecule has 12 heteroatoms. The SMILES string of the molecule is NN=C[C@H](O)[C@@H](O)[C@H](O)[C@H](O)CO[C@H]1O[C@H](CO)[C@@H](O)[C@H](O)[C@H]1O. The molecule has 0 unspecified atom stereocenters. The minimum atomic E-state index is -1.84. The topological polar surface area (TPSA) is 219 Å². The van der Waals surface area contributed by atoms with E-state index in [0.717, 1.165) is 6.21 Å². The van der Waals surface area contributed by atoms with Crippen molar-refractivity contribution in [1.82, 2.24) is 0 Å². The highest BCUT2D eigenvalue weighted by Gasteiger charge is 2.44. The van der Waals surface area contributed by atoms with Crippen molar-refractivity contribution < 1.29 is 50.3 Å². The quantitative estimate of drug-likeness (QED) is 0.113. The molecule has 0 spiro atoms. The van der Waals surface area contributed by atoms with Crippen molar-refractivity contribution >= 4 is 6.21 Å². The summed E-state index contributed by atoms with van der Waals surface area (Å²) in [6, 6.07) is 0. The van der Waals surface area contributed by atoms with Crippen molar-refractivity contribution in [3.63, 3.8) is 0 Å². The predicted octanol–water partition coefficient (Wildman–Crippen LogP) is -5.81. The summed E-state index contributed by atoms with van der Waals surface area (Å²) in [4.78, 5) is 0. The zero-order valence-electron chi connectivity index (χ0n) is 12.6. The smallest absolute Gasteiger partial charge is 0.186 e. The molecular formula is C12H24N2O10. The maximum absolute atomic E-state index is 9.74. The Labute approximate surface area is 137 Å². The first-order chi connectivity index (χ1) is 11.2. The number of hydrogen-bond acceptors (Lipinski definition) is 12. The van der Waals surface area contributed by atoms with Crippen molar-refractivity contribution in [2.24, 2.45) is 10.9 Å². The molecule has 1 aliphatic rings. The second-order valence-corrected chi connectivity index (χ2v) is 5.37. The molecule has 9 atom stereocenters. The van der Waals surface area contributed by atoms with E-state index in [1.54, 1.807) is 0 Å². The van der Waals surface area contributed by atoms with Gasteiger partial charge in [0.05, 0.1) is 19.4 Å². The van der Waals surface area contributed by atoms with E-state index in [2.05, 4.69) is 5.10 Å². The lowest BCUT2D eigenvalue weighted by Crippen LogP contribution is -2.59. The molecule has 12 nitrogen and oxygen atoms in total.